The molecule has 0 unspecified atom stereocenters. The number of sulfonamides is 1. The van der Waals surface area contributed by atoms with Crippen LogP contribution in [-0.2, 0) is 26.0 Å². The van der Waals surface area contributed by atoms with Crippen LogP contribution >= 0.6 is 0 Å². The highest BCUT2D eigenvalue weighted by atomic mass is 32.2. The molecule has 0 radical (unpaired) electrons. The van der Waals surface area contributed by atoms with Gasteiger partial charge in [-0.05, 0) is 67.3 Å². The summed E-state index contributed by atoms with van der Waals surface area (Å²) in [6.45, 7) is 4.22. The summed E-state index contributed by atoms with van der Waals surface area (Å²) in [6.07, 6.45) is 2.64. The Morgan fingerprint density at radius 3 is 2.33 bits per heavy atom. The highest BCUT2D eigenvalue weighted by molar-refractivity contribution is 7.92. The second kappa shape index (κ2) is 7.75. The second-order valence-electron chi connectivity index (χ2n) is 8.13. The van der Waals surface area contributed by atoms with Crippen molar-refractivity contribution in [2.24, 2.45) is 11.8 Å². The van der Waals surface area contributed by atoms with Crippen molar-refractivity contribution in [3.05, 3.63) is 48.0 Å². The van der Waals surface area contributed by atoms with Crippen molar-refractivity contribution in [2.45, 2.75) is 38.0 Å². The number of carbonyl (C=O) groups excluding carboxylic acids is 2. The van der Waals surface area contributed by atoms with E-state index in [1.165, 1.54) is 12.1 Å². The zero-order valence-corrected chi connectivity index (χ0v) is 17.8. The fourth-order valence-corrected chi connectivity index (χ4v) is 4.51. The monoisotopic (exact) mass is 427 g/mol. The van der Waals surface area contributed by atoms with E-state index in [0.717, 1.165) is 24.1 Å². The van der Waals surface area contributed by atoms with Crippen LogP contribution in [0.1, 0.15) is 32.3 Å². The average molecular weight is 428 g/mol. The molecule has 1 heterocycles. The lowest BCUT2D eigenvalue weighted by Gasteiger charge is -2.17. The molecule has 0 atom stereocenters. The molecule has 158 valence electrons. The topological polar surface area (TPSA) is 95.6 Å². The first-order chi connectivity index (χ1) is 14.2. The van der Waals surface area contributed by atoms with Crippen molar-refractivity contribution >= 4 is 38.9 Å². The number of carbonyl (C=O) groups is 2. The molecule has 7 nitrogen and oxygen atoms in total. The minimum absolute atomic E-state index is 0.107. The molecule has 8 heteroatoms. The first-order valence-electron chi connectivity index (χ1n) is 10.1. The van der Waals surface area contributed by atoms with Gasteiger partial charge in [0.25, 0.3) is 10.0 Å². The van der Waals surface area contributed by atoms with Crippen molar-refractivity contribution < 1.29 is 18.0 Å². The molecule has 30 heavy (non-hydrogen) atoms. The summed E-state index contributed by atoms with van der Waals surface area (Å²) in [5.74, 6) is 0.0376. The zero-order chi connectivity index (χ0) is 21.5. The fourth-order valence-electron chi connectivity index (χ4n) is 3.46. The fraction of sp³-hybridized carbons (Fsp3) is 0.364. The van der Waals surface area contributed by atoms with E-state index >= 15 is 0 Å². The average Bonchev–Trinajstić information content (AvgIpc) is 3.47. The highest BCUT2D eigenvalue weighted by Crippen LogP contribution is 2.37. The summed E-state index contributed by atoms with van der Waals surface area (Å²) in [7, 11) is -3.77. The normalized spacial score (nSPS) is 15.8. The van der Waals surface area contributed by atoms with Crippen molar-refractivity contribution in [2.75, 3.05) is 21.5 Å². The van der Waals surface area contributed by atoms with Gasteiger partial charge in [-0.1, -0.05) is 13.8 Å². The summed E-state index contributed by atoms with van der Waals surface area (Å²) in [6, 6.07) is 11.3. The molecule has 4 rings (SSSR count). The van der Waals surface area contributed by atoms with Crippen LogP contribution in [0.25, 0.3) is 0 Å². The molecule has 1 aliphatic carbocycles. The molecule has 0 bridgehead atoms. The lowest BCUT2D eigenvalue weighted by Crippen LogP contribution is -2.30. The molecular weight excluding hydrogens is 402 g/mol. The van der Waals surface area contributed by atoms with E-state index in [9.17, 15) is 18.0 Å². The number of rotatable bonds is 6. The van der Waals surface area contributed by atoms with Crippen molar-refractivity contribution in [1.82, 2.24) is 0 Å². The first-order valence-corrected chi connectivity index (χ1v) is 11.6. The Hall–Kier alpha value is -2.87. The molecule has 0 aromatic heterocycles. The summed E-state index contributed by atoms with van der Waals surface area (Å²) >= 11 is 0. The Labute approximate surface area is 176 Å². The van der Waals surface area contributed by atoms with Gasteiger partial charge in [0.15, 0.2) is 0 Å². The number of hydrogen-bond acceptors (Lipinski definition) is 4. The van der Waals surface area contributed by atoms with Crippen LogP contribution in [-0.4, -0.2) is 26.8 Å². The van der Waals surface area contributed by atoms with E-state index in [2.05, 4.69) is 10.0 Å². The molecular formula is C22H25N3O4S. The van der Waals surface area contributed by atoms with Gasteiger partial charge in [-0.2, -0.15) is 0 Å². The molecule has 2 aliphatic rings. The third kappa shape index (κ3) is 4.18. The first kappa shape index (κ1) is 20.4. The van der Waals surface area contributed by atoms with Crippen molar-refractivity contribution in [1.29, 1.82) is 0 Å². The van der Waals surface area contributed by atoms with Crippen LogP contribution in [0.15, 0.2) is 47.4 Å². The Kier molecular flexibility index (Phi) is 5.27. The van der Waals surface area contributed by atoms with E-state index in [1.54, 1.807) is 38.1 Å². The number of fused-ring (bicyclic) bond motifs is 1. The largest absolute Gasteiger partial charge is 0.326 e. The lowest BCUT2D eigenvalue weighted by molar-refractivity contribution is -0.120. The molecule has 0 spiro atoms. The predicted octanol–water partition coefficient (Wildman–Crippen LogP) is 3.38. The zero-order valence-electron chi connectivity index (χ0n) is 17.0. The number of anilines is 3. The van der Waals surface area contributed by atoms with Crippen LogP contribution in [0.2, 0.25) is 0 Å². The molecule has 2 N–H and O–H groups in total. The smallest absolute Gasteiger partial charge is 0.261 e. The van der Waals surface area contributed by atoms with Gasteiger partial charge in [0.05, 0.1) is 4.90 Å². The number of nitrogens with one attached hydrogen (secondary N) is 2. The number of nitrogens with zero attached hydrogens (tertiary/aromatic N) is 1. The second-order valence-corrected chi connectivity index (χ2v) is 9.81. The molecule has 0 saturated heterocycles. The number of benzene rings is 2. The van der Waals surface area contributed by atoms with Crippen LogP contribution in [0.5, 0.6) is 0 Å². The third-order valence-electron chi connectivity index (χ3n) is 5.38. The van der Waals surface area contributed by atoms with E-state index in [0.29, 0.717) is 24.3 Å². The van der Waals surface area contributed by atoms with Crippen molar-refractivity contribution in [3.8, 4) is 0 Å². The standard InChI is InChI=1S/C22H25N3O4S/c1-14(2)21(26)23-17-5-8-19(9-6-17)30(28,29)24-18-7-10-20-16(13-18)11-12-25(20)22(27)15-3-4-15/h5-10,13-15,24H,3-4,11-12H2,1-2H3,(H,23,26). The Morgan fingerprint density at radius 2 is 1.70 bits per heavy atom. The summed E-state index contributed by atoms with van der Waals surface area (Å²) in [5, 5.41) is 2.74. The van der Waals surface area contributed by atoms with E-state index in [4.69, 9.17) is 0 Å². The Morgan fingerprint density at radius 1 is 1.03 bits per heavy atom. The Balaban J connectivity index is 1.47. The SMILES string of the molecule is CC(C)C(=O)Nc1ccc(S(=O)(=O)Nc2ccc3c(c2)CCN3C(=O)C2CC2)cc1. The van der Waals surface area contributed by atoms with Gasteiger partial charge in [-0.15, -0.1) is 0 Å². The van der Waals surface area contributed by atoms with Gasteiger partial charge in [-0.3, -0.25) is 14.3 Å². The van der Waals surface area contributed by atoms with Gasteiger partial charge < -0.3 is 10.2 Å². The van der Waals surface area contributed by atoms with Gasteiger partial charge in [0.2, 0.25) is 11.8 Å². The number of hydrogen-bond donors (Lipinski definition) is 2. The molecule has 1 aliphatic heterocycles. The third-order valence-corrected chi connectivity index (χ3v) is 6.77. The van der Waals surface area contributed by atoms with Crippen LogP contribution < -0.4 is 14.9 Å². The van der Waals surface area contributed by atoms with Crippen LogP contribution in [0.4, 0.5) is 17.1 Å². The molecule has 1 saturated carbocycles. The number of amides is 2. The molecule has 1 fully saturated rings. The highest BCUT2D eigenvalue weighted by Gasteiger charge is 2.36. The molecule has 2 amide bonds. The summed E-state index contributed by atoms with van der Waals surface area (Å²) in [5.41, 5.74) is 2.85. The Bertz CT molecular complexity index is 1090. The predicted molar refractivity (Wildman–Crippen MR) is 116 cm³/mol. The van der Waals surface area contributed by atoms with Crippen molar-refractivity contribution in [3.63, 3.8) is 0 Å². The van der Waals surface area contributed by atoms with Gasteiger partial charge in [-0.25, -0.2) is 8.42 Å². The van der Waals surface area contributed by atoms with E-state index in [-0.39, 0.29) is 28.5 Å². The quantitative estimate of drug-likeness (QED) is 0.739. The van der Waals surface area contributed by atoms with Crippen LogP contribution in [0.3, 0.4) is 0 Å². The van der Waals surface area contributed by atoms with E-state index < -0.39 is 10.0 Å². The van der Waals surface area contributed by atoms with Gasteiger partial charge in [0, 0.05) is 35.4 Å². The van der Waals surface area contributed by atoms with E-state index in [1.807, 2.05) is 11.0 Å². The summed E-state index contributed by atoms with van der Waals surface area (Å²) < 4.78 is 28.1. The van der Waals surface area contributed by atoms with Crippen LogP contribution in [0, 0.1) is 11.8 Å². The lowest BCUT2D eigenvalue weighted by atomic mass is 10.1. The maximum Gasteiger partial charge on any atom is 0.261 e. The minimum Gasteiger partial charge on any atom is -0.326 e. The maximum atomic E-state index is 12.8. The van der Waals surface area contributed by atoms with Gasteiger partial charge >= 0.3 is 0 Å². The minimum atomic E-state index is -3.77. The molecule has 2 aromatic carbocycles. The maximum absolute atomic E-state index is 12.8. The van der Waals surface area contributed by atoms with Gasteiger partial charge in [0.1, 0.15) is 0 Å². The molecule has 2 aromatic rings. The summed E-state index contributed by atoms with van der Waals surface area (Å²) in [4.78, 5) is 26.1.